The van der Waals surface area contributed by atoms with Crippen molar-refractivity contribution in [2.24, 2.45) is 5.92 Å². The van der Waals surface area contributed by atoms with Crippen LogP contribution in [0.2, 0.25) is 0 Å². The fourth-order valence-corrected chi connectivity index (χ4v) is 3.04. The van der Waals surface area contributed by atoms with E-state index in [0.29, 0.717) is 0 Å². The molecule has 1 N–H and O–H groups in total. The molecule has 0 radical (unpaired) electrons. The fourth-order valence-electron chi connectivity index (χ4n) is 2.15. The lowest BCUT2D eigenvalue weighted by atomic mass is 10.3. The Bertz CT molecular complexity index is 388. The molecule has 2 rings (SSSR count). The molecule has 1 saturated carbocycles. The van der Waals surface area contributed by atoms with Crippen LogP contribution in [0.1, 0.15) is 31.1 Å². The molecule has 4 nitrogen and oxygen atoms in total. The number of nitrogens with zero attached hydrogens (tertiary/aromatic N) is 1. The van der Waals surface area contributed by atoms with E-state index < -0.39 is 0 Å². The molecule has 0 saturated heterocycles. The topological polar surface area (TPSA) is 47.6 Å². The van der Waals surface area contributed by atoms with Crippen molar-refractivity contribution in [2.45, 2.75) is 32.7 Å². The third-order valence-corrected chi connectivity index (χ3v) is 4.17. The number of rotatable bonds is 7. The molecule has 1 fully saturated rings. The highest BCUT2D eigenvalue weighted by Gasteiger charge is 2.27. The monoisotopic (exact) mass is 255 g/mol. The summed E-state index contributed by atoms with van der Waals surface area (Å²) < 4.78 is 0. The molecule has 1 aromatic heterocycles. The summed E-state index contributed by atoms with van der Waals surface area (Å²) in [5.74, 6) is 0.909. The zero-order valence-corrected chi connectivity index (χ0v) is 11.0. The Morgan fingerprint density at radius 1 is 1.53 bits per heavy atom. The van der Waals surface area contributed by atoms with Crippen LogP contribution in [0, 0.1) is 16.0 Å². The van der Waals surface area contributed by atoms with Crippen LogP contribution >= 0.6 is 11.3 Å². The number of hydrogen-bond acceptors (Lipinski definition) is 3. The van der Waals surface area contributed by atoms with Crippen LogP contribution in [0.4, 0.5) is 5.00 Å². The number of quaternary nitrogens is 1. The first kappa shape index (κ1) is 12.5. The van der Waals surface area contributed by atoms with Crippen LogP contribution in [0.5, 0.6) is 0 Å². The smallest absolute Gasteiger partial charge is 0.324 e. The predicted octanol–water partition coefficient (Wildman–Crippen LogP) is 1.86. The normalized spacial score (nSPS) is 17.0. The van der Waals surface area contributed by atoms with Crippen molar-refractivity contribution >= 4 is 16.3 Å². The van der Waals surface area contributed by atoms with E-state index in [1.165, 1.54) is 43.7 Å². The summed E-state index contributed by atoms with van der Waals surface area (Å²) in [7, 11) is 0. The molecular formula is C12H19N2O2S+. The second-order valence-electron chi connectivity index (χ2n) is 4.82. The van der Waals surface area contributed by atoms with Crippen LogP contribution in [0.3, 0.4) is 0 Å². The zero-order chi connectivity index (χ0) is 12.3. The van der Waals surface area contributed by atoms with Gasteiger partial charge in [0, 0.05) is 12.0 Å². The molecule has 1 aliphatic rings. The number of nitrogens with one attached hydrogen (secondary N) is 1. The molecule has 94 valence electrons. The van der Waals surface area contributed by atoms with E-state index in [-0.39, 0.29) is 9.92 Å². The minimum atomic E-state index is -0.297. The molecule has 1 atom stereocenters. The van der Waals surface area contributed by atoms with Gasteiger partial charge < -0.3 is 4.90 Å². The maximum Gasteiger partial charge on any atom is 0.324 e. The Labute approximate surface area is 105 Å². The molecule has 1 unspecified atom stereocenters. The van der Waals surface area contributed by atoms with E-state index in [9.17, 15) is 10.1 Å². The Morgan fingerprint density at radius 2 is 2.29 bits per heavy atom. The first-order valence-electron chi connectivity index (χ1n) is 6.25. The van der Waals surface area contributed by atoms with Gasteiger partial charge in [0.1, 0.15) is 6.54 Å². The van der Waals surface area contributed by atoms with Gasteiger partial charge in [-0.15, -0.1) is 0 Å². The highest BCUT2D eigenvalue weighted by molar-refractivity contribution is 7.15. The molecule has 1 aromatic rings. The molecule has 0 bridgehead atoms. The van der Waals surface area contributed by atoms with Crippen molar-refractivity contribution in [1.29, 1.82) is 0 Å². The van der Waals surface area contributed by atoms with Crippen LogP contribution < -0.4 is 4.90 Å². The standard InChI is InChI=1S/C12H18N2O2S/c1-2-7-13(8-10-3-4-10)9-11-5-6-12(17-11)14(15)16/h5-6,10H,2-4,7-9H2,1H3/p+1. The SMILES string of the molecule is CCC[NH+](Cc1ccc([N+](=O)[O-])s1)CC1CC1. The quantitative estimate of drug-likeness (QED) is 0.597. The first-order chi connectivity index (χ1) is 8.19. The molecule has 5 heteroatoms. The van der Waals surface area contributed by atoms with Gasteiger partial charge in [-0.05, 0) is 25.3 Å². The summed E-state index contributed by atoms with van der Waals surface area (Å²) in [6.45, 7) is 5.55. The third-order valence-electron chi connectivity index (χ3n) is 3.13. The Morgan fingerprint density at radius 3 is 2.82 bits per heavy atom. The summed E-state index contributed by atoms with van der Waals surface area (Å²) >= 11 is 1.32. The van der Waals surface area contributed by atoms with Gasteiger partial charge in [0.25, 0.3) is 0 Å². The van der Waals surface area contributed by atoms with Crippen molar-refractivity contribution in [3.63, 3.8) is 0 Å². The highest BCUT2D eigenvalue weighted by atomic mass is 32.1. The molecule has 1 heterocycles. The average molecular weight is 255 g/mol. The second kappa shape index (κ2) is 5.60. The minimum absolute atomic E-state index is 0.266. The maximum atomic E-state index is 10.6. The molecule has 0 aromatic carbocycles. The van der Waals surface area contributed by atoms with Gasteiger partial charge in [-0.3, -0.25) is 10.1 Å². The average Bonchev–Trinajstić information content (AvgIpc) is 2.95. The van der Waals surface area contributed by atoms with E-state index in [4.69, 9.17) is 0 Å². The number of thiophene rings is 1. The molecule has 0 amide bonds. The van der Waals surface area contributed by atoms with E-state index in [0.717, 1.165) is 17.3 Å². The summed E-state index contributed by atoms with van der Waals surface area (Å²) in [4.78, 5) is 13.0. The van der Waals surface area contributed by atoms with Crippen molar-refractivity contribution in [3.05, 3.63) is 27.1 Å². The third kappa shape index (κ3) is 3.78. The molecule has 1 aliphatic carbocycles. The Kier molecular flexibility index (Phi) is 4.12. The van der Waals surface area contributed by atoms with Gasteiger partial charge in [0.15, 0.2) is 0 Å². The summed E-state index contributed by atoms with van der Waals surface area (Å²) in [5, 5.41) is 10.9. The van der Waals surface area contributed by atoms with Crippen molar-refractivity contribution in [1.82, 2.24) is 0 Å². The summed E-state index contributed by atoms with van der Waals surface area (Å²) in [6.07, 6.45) is 3.92. The van der Waals surface area contributed by atoms with Crippen LogP contribution in [-0.2, 0) is 6.54 Å². The van der Waals surface area contributed by atoms with Crippen molar-refractivity contribution < 1.29 is 9.82 Å². The Hall–Kier alpha value is -0.940. The zero-order valence-electron chi connectivity index (χ0n) is 10.1. The van der Waals surface area contributed by atoms with Crippen LogP contribution in [0.25, 0.3) is 0 Å². The summed E-state index contributed by atoms with van der Waals surface area (Å²) in [6, 6.07) is 3.53. The van der Waals surface area contributed by atoms with Gasteiger partial charge in [-0.1, -0.05) is 18.3 Å². The van der Waals surface area contributed by atoms with Crippen LogP contribution in [-0.4, -0.2) is 18.0 Å². The van der Waals surface area contributed by atoms with Gasteiger partial charge >= 0.3 is 5.00 Å². The Balaban J connectivity index is 1.92. The van der Waals surface area contributed by atoms with Gasteiger partial charge in [0.05, 0.1) is 22.9 Å². The molecular weight excluding hydrogens is 236 g/mol. The van der Waals surface area contributed by atoms with E-state index in [1.807, 2.05) is 6.07 Å². The van der Waals surface area contributed by atoms with Crippen LogP contribution in [0.15, 0.2) is 12.1 Å². The summed E-state index contributed by atoms with van der Waals surface area (Å²) in [5.41, 5.74) is 0. The minimum Gasteiger partial charge on any atom is -0.330 e. The highest BCUT2D eigenvalue weighted by Crippen LogP contribution is 2.27. The maximum absolute atomic E-state index is 10.6. The lowest BCUT2D eigenvalue weighted by Gasteiger charge is -2.17. The number of nitro groups is 1. The first-order valence-corrected chi connectivity index (χ1v) is 7.07. The fraction of sp³-hybridized carbons (Fsp3) is 0.667. The van der Waals surface area contributed by atoms with Gasteiger partial charge in [-0.25, -0.2) is 0 Å². The molecule has 17 heavy (non-hydrogen) atoms. The lowest BCUT2D eigenvalue weighted by Crippen LogP contribution is -3.11. The van der Waals surface area contributed by atoms with E-state index in [2.05, 4.69) is 6.92 Å². The van der Waals surface area contributed by atoms with E-state index in [1.54, 1.807) is 11.0 Å². The number of hydrogen-bond donors (Lipinski definition) is 1. The molecule has 0 spiro atoms. The van der Waals surface area contributed by atoms with Gasteiger partial charge in [0.2, 0.25) is 0 Å². The van der Waals surface area contributed by atoms with Gasteiger partial charge in [-0.2, -0.15) is 0 Å². The lowest BCUT2D eigenvalue weighted by molar-refractivity contribution is -0.915. The van der Waals surface area contributed by atoms with Crippen molar-refractivity contribution in [2.75, 3.05) is 13.1 Å². The second-order valence-corrected chi connectivity index (χ2v) is 5.97. The van der Waals surface area contributed by atoms with Crippen molar-refractivity contribution in [3.8, 4) is 0 Å². The predicted molar refractivity (Wildman–Crippen MR) is 68.4 cm³/mol. The van der Waals surface area contributed by atoms with E-state index >= 15 is 0 Å². The largest absolute Gasteiger partial charge is 0.330 e. The molecule has 0 aliphatic heterocycles.